The Labute approximate surface area is 189 Å². The molecule has 1 aromatic carbocycles. The SMILES string of the molecule is CCOc1ccc2nc(NC(=O)CSc3nnc4c5c(C)c(C)sc5ncn34)sc2c1. The summed E-state index contributed by atoms with van der Waals surface area (Å²) >= 11 is 4.39. The standard InChI is InChI=1S/C20H18N6O2S3/c1-4-28-12-5-6-13-14(7-12)31-19(22-13)23-15(27)8-29-20-25-24-17-16-10(2)11(3)30-18(16)21-9-26(17)20/h5-7,9H,4,8H2,1-3H3,(H,22,23,27). The Balaban J connectivity index is 1.31. The largest absolute Gasteiger partial charge is 0.494 e. The Hall–Kier alpha value is -2.76. The number of fused-ring (bicyclic) bond motifs is 4. The van der Waals surface area contributed by atoms with Crippen LogP contribution in [0.3, 0.4) is 0 Å². The van der Waals surface area contributed by atoms with Gasteiger partial charge in [0.2, 0.25) is 5.91 Å². The molecule has 0 atom stereocenters. The maximum atomic E-state index is 12.5. The molecule has 0 saturated carbocycles. The van der Waals surface area contributed by atoms with Crippen LogP contribution in [-0.2, 0) is 4.79 Å². The first-order valence-corrected chi connectivity index (χ1v) is 12.2. The molecule has 0 aliphatic rings. The number of thioether (sulfide) groups is 1. The number of anilines is 1. The van der Waals surface area contributed by atoms with Crippen molar-refractivity contribution in [1.82, 2.24) is 24.6 Å². The van der Waals surface area contributed by atoms with Gasteiger partial charge in [0.15, 0.2) is 15.9 Å². The Kier molecular flexibility index (Phi) is 5.24. The van der Waals surface area contributed by atoms with Crippen molar-refractivity contribution in [3.8, 4) is 5.75 Å². The summed E-state index contributed by atoms with van der Waals surface area (Å²) in [4.78, 5) is 23.7. The van der Waals surface area contributed by atoms with Gasteiger partial charge in [-0.15, -0.1) is 21.5 Å². The van der Waals surface area contributed by atoms with E-state index < -0.39 is 0 Å². The molecule has 0 aliphatic heterocycles. The van der Waals surface area contributed by atoms with E-state index >= 15 is 0 Å². The van der Waals surface area contributed by atoms with Gasteiger partial charge in [-0.3, -0.25) is 9.20 Å². The summed E-state index contributed by atoms with van der Waals surface area (Å²) in [6.45, 7) is 6.70. The van der Waals surface area contributed by atoms with Crippen molar-refractivity contribution in [1.29, 1.82) is 0 Å². The minimum absolute atomic E-state index is 0.151. The monoisotopic (exact) mass is 470 g/mol. The van der Waals surface area contributed by atoms with E-state index in [9.17, 15) is 4.79 Å². The molecule has 4 aromatic heterocycles. The molecule has 1 N–H and O–H groups in total. The second-order valence-electron chi connectivity index (χ2n) is 6.80. The van der Waals surface area contributed by atoms with Crippen LogP contribution in [0.15, 0.2) is 29.7 Å². The highest BCUT2D eigenvalue weighted by atomic mass is 32.2. The van der Waals surface area contributed by atoms with Gasteiger partial charge in [-0.2, -0.15) is 0 Å². The average molecular weight is 471 g/mol. The van der Waals surface area contributed by atoms with Gasteiger partial charge in [0.25, 0.3) is 0 Å². The van der Waals surface area contributed by atoms with Gasteiger partial charge in [-0.1, -0.05) is 23.1 Å². The van der Waals surface area contributed by atoms with Gasteiger partial charge >= 0.3 is 0 Å². The van der Waals surface area contributed by atoms with Crippen molar-refractivity contribution in [3.05, 3.63) is 35.0 Å². The Bertz CT molecular complexity index is 1440. The third kappa shape index (κ3) is 3.73. The minimum atomic E-state index is -0.151. The second-order valence-corrected chi connectivity index (χ2v) is 9.98. The number of carbonyl (C=O) groups excluding carboxylic acids is 1. The molecule has 0 fully saturated rings. The fourth-order valence-electron chi connectivity index (χ4n) is 3.22. The fraction of sp³-hybridized carbons (Fsp3) is 0.250. The first-order chi connectivity index (χ1) is 15.0. The van der Waals surface area contributed by atoms with E-state index in [-0.39, 0.29) is 11.7 Å². The smallest absolute Gasteiger partial charge is 0.236 e. The van der Waals surface area contributed by atoms with Gasteiger partial charge in [0.1, 0.15) is 16.9 Å². The molecule has 0 unspecified atom stereocenters. The topological polar surface area (TPSA) is 94.3 Å². The molecule has 5 aromatic rings. The number of nitrogens with zero attached hydrogens (tertiary/aromatic N) is 5. The quantitative estimate of drug-likeness (QED) is 0.360. The zero-order chi connectivity index (χ0) is 21.5. The van der Waals surface area contributed by atoms with Crippen LogP contribution in [0.5, 0.6) is 5.75 Å². The molecule has 1 amide bonds. The van der Waals surface area contributed by atoms with Crippen molar-refractivity contribution >= 4 is 71.6 Å². The lowest BCUT2D eigenvalue weighted by molar-refractivity contribution is -0.113. The molecule has 0 spiro atoms. The normalized spacial score (nSPS) is 11.6. The average Bonchev–Trinajstić information content (AvgIpc) is 3.42. The Morgan fingerprint density at radius 1 is 1.26 bits per heavy atom. The number of carbonyl (C=O) groups is 1. The summed E-state index contributed by atoms with van der Waals surface area (Å²) in [5, 5.41) is 13.7. The molecule has 4 heterocycles. The van der Waals surface area contributed by atoms with Crippen LogP contribution in [0, 0.1) is 13.8 Å². The molecule has 11 heteroatoms. The number of aryl methyl sites for hydroxylation is 2. The van der Waals surface area contributed by atoms with Crippen molar-refractivity contribution in [2.24, 2.45) is 0 Å². The lowest BCUT2D eigenvalue weighted by atomic mass is 10.2. The summed E-state index contributed by atoms with van der Waals surface area (Å²) in [5.41, 5.74) is 2.77. The van der Waals surface area contributed by atoms with Crippen LogP contribution in [0.25, 0.3) is 26.1 Å². The molecule has 0 radical (unpaired) electrons. The van der Waals surface area contributed by atoms with Crippen LogP contribution >= 0.6 is 34.4 Å². The van der Waals surface area contributed by atoms with Crippen molar-refractivity contribution in [2.45, 2.75) is 25.9 Å². The van der Waals surface area contributed by atoms with Gasteiger partial charge < -0.3 is 10.1 Å². The number of hydrogen-bond donors (Lipinski definition) is 1. The van der Waals surface area contributed by atoms with E-state index in [2.05, 4.69) is 39.3 Å². The third-order valence-corrected chi connectivity index (χ3v) is 7.79. The summed E-state index contributed by atoms with van der Waals surface area (Å²) < 4.78 is 8.33. The predicted octanol–water partition coefficient (Wildman–Crippen LogP) is 4.70. The first-order valence-electron chi connectivity index (χ1n) is 9.59. The lowest BCUT2D eigenvalue weighted by Gasteiger charge is -2.01. The van der Waals surface area contributed by atoms with E-state index in [0.717, 1.165) is 31.8 Å². The number of benzene rings is 1. The number of thiophene rings is 1. The molecular formula is C20H18N6O2S3. The van der Waals surface area contributed by atoms with Crippen molar-refractivity contribution < 1.29 is 9.53 Å². The highest BCUT2D eigenvalue weighted by Gasteiger charge is 2.16. The van der Waals surface area contributed by atoms with E-state index in [1.165, 1.54) is 33.5 Å². The fourth-order valence-corrected chi connectivity index (χ4v) is 5.83. The molecule has 158 valence electrons. The summed E-state index contributed by atoms with van der Waals surface area (Å²) in [5.74, 6) is 0.840. The number of thiazole rings is 1. The number of amides is 1. The maximum absolute atomic E-state index is 12.5. The lowest BCUT2D eigenvalue weighted by Crippen LogP contribution is -2.14. The number of hydrogen-bond acceptors (Lipinski definition) is 9. The molecule has 0 saturated heterocycles. The van der Waals surface area contributed by atoms with E-state index in [4.69, 9.17) is 4.74 Å². The predicted molar refractivity (Wildman–Crippen MR) is 126 cm³/mol. The van der Waals surface area contributed by atoms with Gasteiger partial charge in [0, 0.05) is 4.88 Å². The molecular weight excluding hydrogens is 452 g/mol. The van der Waals surface area contributed by atoms with Gasteiger partial charge in [-0.05, 0) is 44.5 Å². The summed E-state index contributed by atoms with van der Waals surface area (Å²) in [6, 6.07) is 5.71. The van der Waals surface area contributed by atoms with Crippen LogP contribution in [0.2, 0.25) is 0 Å². The third-order valence-electron chi connectivity index (χ3n) is 4.79. The molecule has 0 aliphatic carbocycles. The maximum Gasteiger partial charge on any atom is 0.236 e. The van der Waals surface area contributed by atoms with Crippen molar-refractivity contribution in [2.75, 3.05) is 17.7 Å². The highest BCUT2D eigenvalue weighted by molar-refractivity contribution is 7.99. The molecule has 31 heavy (non-hydrogen) atoms. The molecule has 0 bridgehead atoms. The summed E-state index contributed by atoms with van der Waals surface area (Å²) in [6.07, 6.45) is 1.72. The summed E-state index contributed by atoms with van der Waals surface area (Å²) in [7, 11) is 0. The molecule has 5 rings (SSSR count). The van der Waals surface area contributed by atoms with Crippen LogP contribution in [0.4, 0.5) is 5.13 Å². The zero-order valence-corrected chi connectivity index (χ0v) is 19.5. The van der Waals surface area contributed by atoms with Crippen molar-refractivity contribution in [3.63, 3.8) is 0 Å². The first kappa shape index (κ1) is 20.2. The minimum Gasteiger partial charge on any atom is -0.494 e. The number of aromatic nitrogens is 5. The van der Waals surface area contributed by atoms with E-state index in [0.29, 0.717) is 16.9 Å². The number of nitrogens with one attached hydrogen (secondary N) is 1. The number of ether oxygens (including phenoxy) is 1. The highest BCUT2D eigenvalue weighted by Crippen LogP contribution is 2.32. The number of rotatable bonds is 6. The van der Waals surface area contributed by atoms with Gasteiger partial charge in [0.05, 0.1) is 28.0 Å². The van der Waals surface area contributed by atoms with Crippen LogP contribution in [0.1, 0.15) is 17.4 Å². The Morgan fingerprint density at radius 3 is 2.97 bits per heavy atom. The van der Waals surface area contributed by atoms with Crippen LogP contribution < -0.4 is 10.1 Å². The van der Waals surface area contributed by atoms with E-state index in [1.807, 2.05) is 29.5 Å². The molecule has 8 nitrogen and oxygen atoms in total. The van der Waals surface area contributed by atoms with Crippen LogP contribution in [-0.4, -0.2) is 42.8 Å². The zero-order valence-electron chi connectivity index (χ0n) is 17.0. The Morgan fingerprint density at radius 2 is 2.13 bits per heavy atom. The van der Waals surface area contributed by atoms with Gasteiger partial charge in [-0.25, -0.2) is 9.97 Å². The second kappa shape index (κ2) is 8.06. The van der Waals surface area contributed by atoms with E-state index in [1.54, 1.807) is 17.7 Å².